The van der Waals surface area contributed by atoms with Crippen LogP contribution in [-0.2, 0) is 9.53 Å². The normalized spacial score (nSPS) is 16.4. The average molecular weight is 249 g/mol. The number of hydrogen-bond acceptors (Lipinski definition) is 3. The third-order valence-electron chi connectivity index (χ3n) is 3.03. The number of carboxylic acids is 1. The van der Waals surface area contributed by atoms with Gasteiger partial charge < -0.3 is 9.84 Å². The minimum atomic E-state index is -0.858. The lowest BCUT2D eigenvalue weighted by atomic mass is 10.1. The van der Waals surface area contributed by atoms with Crippen LogP contribution < -0.4 is 5.32 Å². The second-order valence-corrected chi connectivity index (χ2v) is 4.65. The van der Waals surface area contributed by atoms with Crippen molar-refractivity contribution in [3.63, 3.8) is 0 Å². The van der Waals surface area contributed by atoms with Gasteiger partial charge in [0, 0.05) is 13.2 Å². The minimum absolute atomic E-state index is 0.554. The second-order valence-electron chi connectivity index (χ2n) is 4.65. The SMILES string of the molecule is O=C(O)C(NCCOCC1CC1)c1ccccc1. The first kappa shape index (κ1) is 13.1. The Bertz CT molecular complexity index is 376. The van der Waals surface area contributed by atoms with Gasteiger partial charge >= 0.3 is 5.97 Å². The van der Waals surface area contributed by atoms with Gasteiger partial charge in [0.1, 0.15) is 6.04 Å². The predicted molar refractivity (Wildman–Crippen MR) is 68.4 cm³/mol. The van der Waals surface area contributed by atoms with E-state index >= 15 is 0 Å². The number of ether oxygens (including phenoxy) is 1. The molecule has 18 heavy (non-hydrogen) atoms. The fourth-order valence-corrected chi connectivity index (χ4v) is 1.80. The first-order valence-electron chi connectivity index (χ1n) is 6.36. The zero-order chi connectivity index (χ0) is 12.8. The van der Waals surface area contributed by atoms with Crippen LogP contribution >= 0.6 is 0 Å². The lowest BCUT2D eigenvalue weighted by Crippen LogP contribution is -2.31. The quantitative estimate of drug-likeness (QED) is 0.690. The molecule has 0 aliphatic heterocycles. The van der Waals surface area contributed by atoms with Crippen molar-refractivity contribution in [2.45, 2.75) is 18.9 Å². The number of benzene rings is 1. The Hall–Kier alpha value is -1.39. The summed E-state index contributed by atoms with van der Waals surface area (Å²) in [6.07, 6.45) is 2.55. The molecule has 1 aromatic carbocycles. The van der Waals surface area contributed by atoms with E-state index in [0.29, 0.717) is 13.2 Å². The summed E-state index contributed by atoms with van der Waals surface area (Å²) >= 11 is 0. The summed E-state index contributed by atoms with van der Waals surface area (Å²) in [5, 5.41) is 12.2. The number of aliphatic carboxylic acids is 1. The van der Waals surface area contributed by atoms with Crippen LogP contribution in [0, 0.1) is 5.92 Å². The van der Waals surface area contributed by atoms with E-state index in [-0.39, 0.29) is 0 Å². The number of nitrogens with one attached hydrogen (secondary N) is 1. The van der Waals surface area contributed by atoms with Crippen LogP contribution in [0.25, 0.3) is 0 Å². The third kappa shape index (κ3) is 4.13. The van der Waals surface area contributed by atoms with E-state index in [1.807, 2.05) is 30.3 Å². The Labute approximate surface area is 107 Å². The number of carboxylic acid groups (broad SMARTS) is 1. The van der Waals surface area contributed by atoms with Crippen LogP contribution in [0.2, 0.25) is 0 Å². The van der Waals surface area contributed by atoms with Crippen molar-refractivity contribution in [3.05, 3.63) is 35.9 Å². The number of carbonyl (C=O) groups is 1. The molecule has 4 heteroatoms. The van der Waals surface area contributed by atoms with Crippen LogP contribution in [0.4, 0.5) is 0 Å². The predicted octanol–water partition coefficient (Wildman–Crippen LogP) is 1.83. The zero-order valence-corrected chi connectivity index (χ0v) is 10.3. The molecule has 0 amide bonds. The molecule has 0 heterocycles. The molecular weight excluding hydrogens is 230 g/mol. The molecule has 1 aliphatic carbocycles. The molecule has 1 saturated carbocycles. The van der Waals surface area contributed by atoms with Crippen molar-refractivity contribution in [2.24, 2.45) is 5.92 Å². The molecule has 0 aromatic heterocycles. The Balaban J connectivity index is 1.74. The molecule has 0 radical (unpaired) electrons. The summed E-state index contributed by atoms with van der Waals surface area (Å²) in [6.45, 7) is 1.93. The highest BCUT2D eigenvalue weighted by Gasteiger charge is 2.21. The summed E-state index contributed by atoms with van der Waals surface area (Å²) in [5.41, 5.74) is 0.771. The first-order valence-corrected chi connectivity index (χ1v) is 6.36. The maximum atomic E-state index is 11.2. The lowest BCUT2D eigenvalue weighted by Gasteiger charge is -2.14. The smallest absolute Gasteiger partial charge is 0.325 e. The summed E-state index contributed by atoms with van der Waals surface area (Å²) in [5.74, 6) is -0.113. The maximum absolute atomic E-state index is 11.2. The Kier molecular flexibility index (Phi) is 4.73. The van der Waals surface area contributed by atoms with Gasteiger partial charge in [0.05, 0.1) is 6.61 Å². The Morgan fingerprint density at radius 3 is 2.72 bits per heavy atom. The molecule has 4 nitrogen and oxygen atoms in total. The zero-order valence-electron chi connectivity index (χ0n) is 10.3. The van der Waals surface area contributed by atoms with E-state index in [4.69, 9.17) is 4.74 Å². The summed E-state index contributed by atoms with van der Waals surface area (Å²) in [7, 11) is 0. The van der Waals surface area contributed by atoms with Gasteiger partial charge in [-0.25, -0.2) is 0 Å². The highest BCUT2D eigenvalue weighted by Crippen LogP contribution is 2.28. The summed E-state index contributed by atoms with van der Waals surface area (Å²) < 4.78 is 5.47. The molecule has 0 saturated heterocycles. The Morgan fingerprint density at radius 2 is 2.11 bits per heavy atom. The van der Waals surface area contributed by atoms with Gasteiger partial charge in [-0.3, -0.25) is 10.1 Å². The van der Waals surface area contributed by atoms with Crippen molar-refractivity contribution < 1.29 is 14.6 Å². The van der Waals surface area contributed by atoms with Gasteiger partial charge in [-0.15, -0.1) is 0 Å². The van der Waals surface area contributed by atoms with Crippen LogP contribution in [0.1, 0.15) is 24.4 Å². The molecule has 2 N–H and O–H groups in total. The van der Waals surface area contributed by atoms with Gasteiger partial charge in [0.15, 0.2) is 0 Å². The molecule has 0 bridgehead atoms. The monoisotopic (exact) mass is 249 g/mol. The molecule has 2 rings (SSSR count). The van der Waals surface area contributed by atoms with Gasteiger partial charge in [0.2, 0.25) is 0 Å². The van der Waals surface area contributed by atoms with Gasteiger partial charge in [-0.2, -0.15) is 0 Å². The molecule has 98 valence electrons. The lowest BCUT2D eigenvalue weighted by molar-refractivity contribution is -0.139. The number of hydrogen-bond donors (Lipinski definition) is 2. The van der Waals surface area contributed by atoms with Crippen molar-refractivity contribution >= 4 is 5.97 Å². The molecule has 1 aromatic rings. The minimum Gasteiger partial charge on any atom is -0.480 e. The van der Waals surface area contributed by atoms with E-state index in [2.05, 4.69) is 5.32 Å². The van der Waals surface area contributed by atoms with E-state index in [1.54, 1.807) is 0 Å². The van der Waals surface area contributed by atoms with E-state index < -0.39 is 12.0 Å². The van der Waals surface area contributed by atoms with E-state index in [9.17, 15) is 9.90 Å². The fraction of sp³-hybridized carbons (Fsp3) is 0.500. The van der Waals surface area contributed by atoms with Crippen molar-refractivity contribution in [1.29, 1.82) is 0 Å². The van der Waals surface area contributed by atoms with Crippen LogP contribution in [0.5, 0.6) is 0 Å². The van der Waals surface area contributed by atoms with Crippen LogP contribution in [0.3, 0.4) is 0 Å². The van der Waals surface area contributed by atoms with Crippen molar-refractivity contribution in [1.82, 2.24) is 5.32 Å². The van der Waals surface area contributed by atoms with Crippen molar-refractivity contribution in [3.8, 4) is 0 Å². The van der Waals surface area contributed by atoms with Gasteiger partial charge in [0.25, 0.3) is 0 Å². The largest absolute Gasteiger partial charge is 0.480 e. The topological polar surface area (TPSA) is 58.6 Å². The number of rotatable bonds is 8. The molecule has 1 fully saturated rings. The Morgan fingerprint density at radius 1 is 1.39 bits per heavy atom. The first-order chi connectivity index (χ1) is 8.77. The summed E-state index contributed by atoms with van der Waals surface area (Å²) in [4.78, 5) is 11.2. The second kappa shape index (κ2) is 6.52. The maximum Gasteiger partial charge on any atom is 0.325 e. The fourth-order valence-electron chi connectivity index (χ4n) is 1.80. The van der Waals surface area contributed by atoms with E-state index in [0.717, 1.165) is 18.1 Å². The molecule has 1 atom stereocenters. The third-order valence-corrected chi connectivity index (χ3v) is 3.03. The highest BCUT2D eigenvalue weighted by atomic mass is 16.5. The van der Waals surface area contributed by atoms with Crippen LogP contribution in [0.15, 0.2) is 30.3 Å². The molecular formula is C14H19NO3. The van der Waals surface area contributed by atoms with Gasteiger partial charge in [-0.1, -0.05) is 30.3 Å². The van der Waals surface area contributed by atoms with Gasteiger partial charge in [-0.05, 0) is 24.3 Å². The molecule has 1 aliphatic rings. The average Bonchev–Trinajstić information content (AvgIpc) is 3.18. The molecule has 1 unspecified atom stereocenters. The molecule has 0 spiro atoms. The summed E-state index contributed by atoms with van der Waals surface area (Å²) in [6, 6.07) is 8.54. The standard InChI is InChI=1S/C14H19NO3/c16-14(17)13(12-4-2-1-3-5-12)15-8-9-18-10-11-6-7-11/h1-5,11,13,15H,6-10H2,(H,16,17). The highest BCUT2D eigenvalue weighted by molar-refractivity contribution is 5.75. The van der Waals surface area contributed by atoms with Crippen molar-refractivity contribution in [2.75, 3.05) is 19.8 Å². The van der Waals surface area contributed by atoms with Crippen LogP contribution in [-0.4, -0.2) is 30.8 Å². The van der Waals surface area contributed by atoms with E-state index in [1.165, 1.54) is 12.8 Å².